The lowest BCUT2D eigenvalue weighted by Crippen LogP contribution is -2.54. The van der Waals surface area contributed by atoms with E-state index in [-0.39, 0.29) is 75.8 Å². The third-order valence-corrected chi connectivity index (χ3v) is 13.3. The first-order chi connectivity index (χ1) is 27.5. The number of likely N-dealkylation sites (tertiary alicyclic amines) is 2. The standard InChI is InChI=1S/C43H45F4N7O3/c1-4-29-32(44)9-6-25-15-28(55)16-30(34(25)29)35-37(45)39-36(31-21-51(2)50-38(31)35)40(54-26-7-8-27(54)20-52(19-26)12-5-13-56-3)49-41(48-39)57-23-42(10-11-42)22-53-18-24-14-33(53)43(46,47)17-24/h1,6,9,15-16,21,24,26-27,33,55H,5,7-8,10-14,17-20,22-23H2,2-3H3. The van der Waals surface area contributed by atoms with Gasteiger partial charge in [-0.1, -0.05) is 12.0 Å². The van der Waals surface area contributed by atoms with Crippen LogP contribution in [0.1, 0.15) is 50.5 Å². The predicted octanol–water partition coefficient (Wildman–Crippen LogP) is 6.88. The summed E-state index contributed by atoms with van der Waals surface area (Å²) in [4.78, 5) is 16.6. The zero-order chi connectivity index (χ0) is 39.4. The van der Waals surface area contributed by atoms with Gasteiger partial charge in [-0.05, 0) is 73.6 Å². The van der Waals surface area contributed by atoms with Crippen molar-refractivity contribution >= 4 is 38.4 Å². The Morgan fingerprint density at radius 3 is 2.53 bits per heavy atom. The number of phenols is 1. The fourth-order valence-corrected chi connectivity index (χ4v) is 10.6. The number of benzene rings is 3. The fraction of sp³-hybridized carbons (Fsp3) is 0.512. The number of halogens is 4. The Labute approximate surface area is 327 Å². The summed E-state index contributed by atoms with van der Waals surface area (Å²) in [5, 5.41) is 17.4. The highest BCUT2D eigenvalue weighted by Gasteiger charge is 2.59. The van der Waals surface area contributed by atoms with E-state index in [1.807, 2.05) is 11.1 Å². The molecule has 10 rings (SSSR count). The molecule has 5 aromatic rings. The van der Waals surface area contributed by atoms with Crippen molar-refractivity contribution in [3.8, 4) is 35.2 Å². The molecule has 4 unspecified atom stereocenters. The van der Waals surface area contributed by atoms with Crippen LogP contribution < -0.4 is 9.64 Å². The molecule has 0 spiro atoms. The van der Waals surface area contributed by atoms with E-state index in [9.17, 15) is 13.9 Å². The van der Waals surface area contributed by atoms with Crippen LogP contribution in [0.4, 0.5) is 23.4 Å². The molecule has 3 saturated heterocycles. The summed E-state index contributed by atoms with van der Waals surface area (Å²) in [7, 11) is 3.46. The zero-order valence-corrected chi connectivity index (χ0v) is 32.1. The lowest BCUT2D eigenvalue weighted by atomic mass is 9.91. The van der Waals surface area contributed by atoms with Gasteiger partial charge in [-0.25, -0.2) is 17.6 Å². The molecule has 3 aromatic carbocycles. The molecule has 0 amide bonds. The van der Waals surface area contributed by atoms with Gasteiger partial charge in [0.25, 0.3) is 5.92 Å². The van der Waals surface area contributed by atoms with Crippen LogP contribution >= 0.6 is 0 Å². The first kappa shape index (κ1) is 36.6. The largest absolute Gasteiger partial charge is 0.508 e. The molecule has 1 N–H and O–H groups in total. The molecule has 4 bridgehead atoms. The molecule has 0 radical (unpaired) electrons. The monoisotopic (exact) mass is 783 g/mol. The number of terminal acetylenes is 1. The Kier molecular flexibility index (Phi) is 8.63. The number of hydrogen-bond acceptors (Lipinski definition) is 9. The van der Waals surface area contributed by atoms with Gasteiger partial charge in [0.15, 0.2) is 5.82 Å². The number of fused-ring (bicyclic) bond motifs is 8. The highest BCUT2D eigenvalue weighted by Crippen LogP contribution is 2.53. The maximum atomic E-state index is 17.8. The minimum atomic E-state index is -2.68. The topological polar surface area (TPSA) is 92.0 Å². The van der Waals surface area contributed by atoms with E-state index in [2.05, 4.69) is 15.7 Å². The van der Waals surface area contributed by atoms with Gasteiger partial charge in [-0.15, -0.1) is 6.42 Å². The number of aromatic hydroxyl groups is 1. The van der Waals surface area contributed by atoms with E-state index >= 15 is 8.78 Å². The number of phenolic OH excluding ortho intramolecular Hbond substituents is 1. The number of aryl methyl sites for hydroxylation is 1. The summed E-state index contributed by atoms with van der Waals surface area (Å²) >= 11 is 0. The quantitative estimate of drug-likeness (QED) is 0.0875. The number of piperazine rings is 1. The predicted molar refractivity (Wildman–Crippen MR) is 209 cm³/mol. The number of piperidine rings is 1. The summed E-state index contributed by atoms with van der Waals surface area (Å²) in [6, 6.07) is 5.05. The van der Waals surface area contributed by atoms with Crippen molar-refractivity contribution in [3.63, 3.8) is 0 Å². The van der Waals surface area contributed by atoms with Crippen molar-refractivity contribution in [2.24, 2.45) is 18.4 Å². The number of rotatable bonds is 11. The zero-order valence-electron chi connectivity index (χ0n) is 32.1. The second kappa shape index (κ2) is 13.4. The van der Waals surface area contributed by atoms with Gasteiger partial charge >= 0.3 is 6.01 Å². The average molecular weight is 784 g/mol. The Balaban J connectivity index is 1.11. The highest BCUT2D eigenvalue weighted by molar-refractivity contribution is 6.18. The molecule has 5 heterocycles. The van der Waals surface area contributed by atoms with Gasteiger partial charge in [0.2, 0.25) is 0 Å². The van der Waals surface area contributed by atoms with Gasteiger partial charge in [-0.2, -0.15) is 15.1 Å². The Hall–Kier alpha value is -4.71. The second-order valence-corrected chi connectivity index (χ2v) is 17.2. The fourth-order valence-electron chi connectivity index (χ4n) is 10.6. The summed E-state index contributed by atoms with van der Waals surface area (Å²) in [6.45, 7) is 4.59. The van der Waals surface area contributed by atoms with E-state index in [1.54, 1.807) is 18.8 Å². The Bertz CT molecular complexity index is 2470. The first-order valence-electron chi connectivity index (χ1n) is 20.0. The van der Waals surface area contributed by atoms with E-state index in [0.717, 1.165) is 51.7 Å². The third-order valence-electron chi connectivity index (χ3n) is 13.3. The molecular weight excluding hydrogens is 739 g/mol. The van der Waals surface area contributed by atoms with Gasteiger partial charge in [0, 0.05) is 99.9 Å². The highest BCUT2D eigenvalue weighted by atomic mass is 19.3. The molecule has 298 valence electrons. The lowest BCUT2D eigenvalue weighted by molar-refractivity contribution is -0.0825. The number of methoxy groups -OCH3 is 1. The molecule has 2 saturated carbocycles. The van der Waals surface area contributed by atoms with Crippen molar-refractivity contribution in [1.82, 2.24) is 29.5 Å². The van der Waals surface area contributed by atoms with Crippen molar-refractivity contribution in [2.45, 2.75) is 69.0 Å². The van der Waals surface area contributed by atoms with Crippen LogP contribution in [-0.4, -0.2) is 112 Å². The minimum absolute atomic E-state index is 0.00295. The van der Waals surface area contributed by atoms with Crippen LogP contribution in [0.5, 0.6) is 11.8 Å². The van der Waals surface area contributed by atoms with Crippen LogP contribution in [0.3, 0.4) is 0 Å². The number of hydrogen-bond donors (Lipinski definition) is 1. The third kappa shape index (κ3) is 6.07. The van der Waals surface area contributed by atoms with Crippen LogP contribution in [-0.2, 0) is 11.8 Å². The summed E-state index contributed by atoms with van der Waals surface area (Å²) < 4.78 is 76.0. The number of aromatic nitrogens is 4. The van der Waals surface area contributed by atoms with E-state index in [1.165, 1.54) is 24.3 Å². The van der Waals surface area contributed by atoms with Gasteiger partial charge in [0.1, 0.15) is 28.4 Å². The normalized spacial score (nSPS) is 25.0. The van der Waals surface area contributed by atoms with Crippen LogP contribution in [0.2, 0.25) is 0 Å². The Morgan fingerprint density at radius 1 is 1.04 bits per heavy atom. The maximum absolute atomic E-state index is 17.8. The molecule has 10 nitrogen and oxygen atoms in total. The molecule has 2 aromatic heterocycles. The molecule has 57 heavy (non-hydrogen) atoms. The van der Waals surface area contributed by atoms with Gasteiger partial charge in [0.05, 0.1) is 23.6 Å². The molecule has 2 aliphatic carbocycles. The lowest BCUT2D eigenvalue weighted by Gasteiger charge is -2.42. The van der Waals surface area contributed by atoms with Crippen molar-refractivity contribution in [2.75, 3.05) is 57.9 Å². The SMILES string of the molecule is C#Cc1c(F)ccc2cc(O)cc(-c3c(F)c4nc(OCC5(CN6CC7CC6C(F)(F)C7)CC5)nc(N5C6CCC5CN(CCCOC)C6)c4c4cn(C)nc34)c12. The van der Waals surface area contributed by atoms with Crippen LogP contribution in [0.25, 0.3) is 43.7 Å². The first-order valence-corrected chi connectivity index (χ1v) is 20.0. The van der Waals surface area contributed by atoms with Crippen LogP contribution in [0, 0.1) is 35.3 Å². The molecule has 4 atom stereocenters. The van der Waals surface area contributed by atoms with Crippen LogP contribution in [0.15, 0.2) is 30.5 Å². The summed E-state index contributed by atoms with van der Waals surface area (Å²) in [6.07, 6.45) is 12.6. The number of nitrogens with zero attached hydrogens (tertiary/aromatic N) is 7. The number of alkyl halides is 2. The molecule has 14 heteroatoms. The molecule has 5 aliphatic rings. The van der Waals surface area contributed by atoms with E-state index in [0.29, 0.717) is 53.6 Å². The van der Waals surface area contributed by atoms with Crippen molar-refractivity contribution in [3.05, 3.63) is 47.7 Å². The molecular formula is C43H45F4N7O3. The summed E-state index contributed by atoms with van der Waals surface area (Å²) in [5.74, 6) is -1.20. The maximum Gasteiger partial charge on any atom is 0.319 e. The second-order valence-electron chi connectivity index (χ2n) is 17.2. The van der Waals surface area contributed by atoms with Gasteiger partial charge < -0.3 is 19.5 Å². The van der Waals surface area contributed by atoms with Crippen molar-refractivity contribution < 1.29 is 32.1 Å². The minimum Gasteiger partial charge on any atom is -0.508 e. The number of ether oxygens (including phenoxy) is 2. The Morgan fingerprint density at radius 2 is 1.82 bits per heavy atom. The van der Waals surface area contributed by atoms with Crippen molar-refractivity contribution in [1.29, 1.82) is 0 Å². The smallest absolute Gasteiger partial charge is 0.319 e. The molecule has 5 fully saturated rings. The van der Waals surface area contributed by atoms with Gasteiger partial charge in [-0.3, -0.25) is 14.5 Å². The van der Waals surface area contributed by atoms with E-state index in [4.69, 9.17) is 31.0 Å². The molecule has 3 aliphatic heterocycles. The average Bonchev–Trinajstić information content (AvgIpc) is 3.34. The number of anilines is 1. The van der Waals surface area contributed by atoms with E-state index < -0.39 is 23.6 Å². The summed E-state index contributed by atoms with van der Waals surface area (Å²) in [5.41, 5.74) is 0.118.